The van der Waals surface area contributed by atoms with Crippen LogP contribution in [0.2, 0.25) is 0 Å². The lowest BCUT2D eigenvalue weighted by Gasteiger charge is -2.26. The number of carbonyl (C=O) groups excluding carboxylic acids is 1. The summed E-state index contributed by atoms with van der Waals surface area (Å²) in [6, 6.07) is 6.35. The van der Waals surface area contributed by atoms with Crippen molar-refractivity contribution in [2.24, 2.45) is 5.41 Å². The number of thiazole rings is 1. The molecule has 0 radical (unpaired) electrons. The number of fused-ring (bicyclic) bond motifs is 3. The first-order chi connectivity index (χ1) is 13.8. The molecular weight excluding hydrogens is 455 g/mol. The van der Waals surface area contributed by atoms with Crippen molar-refractivity contribution in [2.45, 2.75) is 46.3 Å². The summed E-state index contributed by atoms with van der Waals surface area (Å²) >= 11 is 1.45. The van der Waals surface area contributed by atoms with Gasteiger partial charge in [-0.15, -0.1) is 24.8 Å². The molecule has 1 aliphatic heterocycles. The Kier molecular flexibility index (Phi) is 8.76. The molecule has 6 nitrogen and oxygen atoms in total. The summed E-state index contributed by atoms with van der Waals surface area (Å²) in [5.74, 6) is 0.0542. The number of ether oxygens (including phenoxy) is 1. The maximum atomic E-state index is 12.8. The van der Waals surface area contributed by atoms with Gasteiger partial charge in [-0.05, 0) is 36.0 Å². The number of benzene rings is 1. The number of hydrogen-bond donors (Lipinski definition) is 1. The van der Waals surface area contributed by atoms with Gasteiger partial charge in [0, 0.05) is 39.5 Å². The molecule has 31 heavy (non-hydrogen) atoms. The maximum absolute atomic E-state index is 12.8. The zero-order valence-corrected chi connectivity index (χ0v) is 21.0. The average Bonchev–Trinajstić information content (AvgIpc) is 3.35. The lowest BCUT2D eigenvalue weighted by atomic mass is 9.96. The first-order valence-corrected chi connectivity index (χ1v) is 11.1. The third kappa shape index (κ3) is 6.11. The fourth-order valence-electron chi connectivity index (χ4n) is 3.92. The third-order valence-corrected chi connectivity index (χ3v) is 6.13. The van der Waals surface area contributed by atoms with Gasteiger partial charge in [0.25, 0.3) is 5.91 Å². The molecule has 3 heterocycles. The number of carbonyl (C=O) groups is 1. The largest absolute Gasteiger partial charge is 0.377 e. The molecule has 172 valence electrons. The van der Waals surface area contributed by atoms with Crippen LogP contribution in [-0.2, 0) is 11.3 Å². The van der Waals surface area contributed by atoms with Crippen molar-refractivity contribution in [1.29, 1.82) is 0 Å². The number of halogens is 2. The van der Waals surface area contributed by atoms with E-state index in [0.717, 1.165) is 53.5 Å². The predicted octanol–water partition coefficient (Wildman–Crippen LogP) is 4.78. The topological polar surface area (TPSA) is 58.9 Å². The van der Waals surface area contributed by atoms with Crippen LogP contribution < -0.4 is 5.32 Å². The summed E-state index contributed by atoms with van der Waals surface area (Å²) in [6.45, 7) is 9.72. The van der Waals surface area contributed by atoms with Gasteiger partial charge in [0.05, 0.1) is 17.1 Å². The van der Waals surface area contributed by atoms with E-state index in [1.165, 1.54) is 23.3 Å². The molecule has 4 rings (SSSR count). The van der Waals surface area contributed by atoms with Crippen LogP contribution in [0.25, 0.3) is 16.0 Å². The summed E-state index contributed by atoms with van der Waals surface area (Å²) in [6.07, 6.45) is 4.59. The summed E-state index contributed by atoms with van der Waals surface area (Å²) < 4.78 is 7.69. The van der Waals surface area contributed by atoms with Gasteiger partial charge in [0.15, 0.2) is 4.96 Å². The third-order valence-electron chi connectivity index (χ3n) is 5.16. The van der Waals surface area contributed by atoms with E-state index in [-0.39, 0.29) is 36.1 Å². The average molecular weight is 487 g/mol. The molecule has 0 bridgehead atoms. The Bertz CT molecular complexity index is 1020. The van der Waals surface area contributed by atoms with E-state index >= 15 is 0 Å². The zero-order chi connectivity index (χ0) is 20.6. The van der Waals surface area contributed by atoms with Crippen molar-refractivity contribution in [1.82, 2.24) is 19.6 Å². The Balaban J connectivity index is 0.00000171. The number of nitrogens with one attached hydrogen (secondary N) is 1. The highest BCUT2D eigenvalue weighted by Gasteiger charge is 2.22. The number of amides is 1. The van der Waals surface area contributed by atoms with Crippen molar-refractivity contribution in [2.75, 3.05) is 26.7 Å². The van der Waals surface area contributed by atoms with Crippen LogP contribution in [-0.4, -0.2) is 53.0 Å². The van der Waals surface area contributed by atoms with E-state index in [0.29, 0.717) is 6.10 Å². The molecule has 1 aromatic carbocycles. The normalized spacial score (nSPS) is 16.3. The second kappa shape index (κ2) is 10.5. The number of imidazole rings is 1. The van der Waals surface area contributed by atoms with Crippen LogP contribution >= 0.6 is 36.2 Å². The number of rotatable bonds is 6. The monoisotopic (exact) mass is 486 g/mol. The standard InChI is InChI=1S/C22H30N4O2S.2ClH/c1-22(2,3)14-25(4)20(27)19-13-26-18-8-7-15(10-17(18)24-21(26)29-19)11-23-12-16-6-5-9-28-16;;/h7-8,10,13,16,23H,5-6,9,11-12,14H2,1-4H3;2*1H. The highest BCUT2D eigenvalue weighted by atomic mass is 35.5. The van der Waals surface area contributed by atoms with Crippen LogP contribution in [0, 0.1) is 5.41 Å². The highest BCUT2D eigenvalue weighted by molar-refractivity contribution is 7.18. The van der Waals surface area contributed by atoms with E-state index in [1.807, 2.05) is 17.6 Å². The Morgan fingerprint density at radius 2 is 2.13 bits per heavy atom. The van der Waals surface area contributed by atoms with Gasteiger partial charge in [-0.3, -0.25) is 9.20 Å². The van der Waals surface area contributed by atoms with Gasteiger partial charge >= 0.3 is 0 Å². The summed E-state index contributed by atoms with van der Waals surface area (Å²) in [5.41, 5.74) is 3.29. The second-order valence-corrected chi connectivity index (χ2v) is 10.2. The fraction of sp³-hybridized carbons (Fsp3) is 0.545. The first-order valence-electron chi connectivity index (χ1n) is 10.3. The van der Waals surface area contributed by atoms with E-state index in [4.69, 9.17) is 9.72 Å². The fourth-order valence-corrected chi connectivity index (χ4v) is 4.92. The van der Waals surface area contributed by atoms with Gasteiger partial charge in [0.2, 0.25) is 0 Å². The molecular formula is C22H32Cl2N4O2S. The van der Waals surface area contributed by atoms with E-state index in [1.54, 1.807) is 4.90 Å². The Hall–Kier alpha value is -1.38. The van der Waals surface area contributed by atoms with Crippen molar-refractivity contribution >= 4 is 58.1 Å². The van der Waals surface area contributed by atoms with Crippen LogP contribution in [0.15, 0.2) is 24.4 Å². The quantitative estimate of drug-likeness (QED) is 0.544. The Morgan fingerprint density at radius 1 is 1.35 bits per heavy atom. The molecule has 1 aliphatic rings. The molecule has 0 aliphatic carbocycles. The van der Waals surface area contributed by atoms with Crippen LogP contribution in [0.5, 0.6) is 0 Å². The molecule has 1 unspecified atom stereocenters. The highest BCUT2D eigenvalue weighted by Crippen LogP contribution is 2.26. The van der Waals surface area contributed by atoms with Crippen molar-refractivity contribution < 1.29 is 9.53 Å². The van der Waals surface area contributed by atoms with Gasteiger partial charge in [-0.25, -0.2) is 4.98 Å². The minimum Gasteiger partial charge on any atom is -0.377 e. The number of aromatic nitrogens is 2. The molecule has 1 fully saturated rings. The smallest absolute Gasteiger partial charge is 0.265 e. The maximum Gasteiger partial charge on any atom is 0.265 e. The van der Waals surface area contributed by atoms with Gasteiger partial charge in [-0.1, -0.05) is 38.2 Å². The number of hydrogen-bond acceptors (Lipinski definition) is 5. The zero-order valence-electron chi connectivity index (χ0n) is 18.5. The molecule has 0 saturated carbocycles. The second-order valence-electron chi connectivity index (χ2n) is 9.17. The van der Waals surface area contributed by atoms with Crippen LogP contribution in [0.4, 0.5) is 0 Å². The molecule has 1 atom stereocenters. The lowest BCUT2D eigenvalue weighted by molar-refractivity contribution is 0.0750. The van der Waals surface area contributed by atoms with Gasteiger partial charge in [0.1, 0.15) is 4.88 Å². The Labute approximate surface area is 200 Å². The molecule has 1 saturated heterocycles. The first kappa shape index (κ1) is 25.9. The van der Waals surface area contributed by atoms with E-state index in [2.05, 4.69) is 44.3 Å². The van der Waals surface area contributed by atoms with Crippen molar-refractivity contribution in [3.63, 3.8) is 0 Å². The molecule has 3 aromatic rings. The van der Waals surface area contributed by atoms with E-state index < -0.39 is 0 Å². The lowest BCUT2D eigenvalue weighted by Crippen LogP contribution is -2.34. The van der Waals surface area contributed by atoms with Crippen molar-refractivity contribution in [3.05, 3.63) is 34.8 Å². The van der Waals surface area contributed by atoms with Crippen LogP contribution in [0.3, 0.4) is 0 Å². The van der Waals surface area contributed by atoms with Gasteiger partial charge in [-0.2, -0.15) is 0 Å². The summed E-state index contributed by atoms with van der Waals surface area (Å²) in [4.78, 5) is 20.9. The molecule has 0 spiro atoms. The minimum atomic E-state index is 0. The molecule has 2 aromatic heterocycles. The summed E-state index contributed by atoms with van der Waals surface area (Å²) in [7, 11) is 1.87. The predicted molar refractivity (Wildman–Crippen MR) is 132 cm³/mol. The molecule has 9 heteroatoms. The van der Waals surface area contributed by atoms with E-state index in [9.17, 15) is 4.79 Å². The van der Waals surface area contributed by atoms with Crippen LogP contribution in [0.1, 0.15) is 48.8 Å². The Morgan fingerprint density at radius 3 is 2.81 bits per heavy atom. The van der Waals surface area contributed by atoms with Crippen molar-refractivity contribution in [3.8, 4) is 0 Å². The molecule has 1 N–H and O–H groups in total. The van der Waals surface area contributed by atoms with Gasteiger partial charge < -0.3 is 15.0 Å². The summed E-state index contributed by atoms with van der Waals surface area (Å²) in [5, 5.41) is 3.48. The minimum absolute atomic E-state index is 0. The SMILES string of the molecule is CN(CC(C)(C)C)C(=O)c1cn2c(nc3cc(CNCC4CCCO4)ccc32)s1.Cl.Cl. The number of nitrogens with zero attached hydrogens (tertiary/aromatic N) is 3. The molecule has 1 amide bonds.